The van der Waals surface area contributed by atoms with Gasteiger partial charge in [-0.3, -0.25) is 14.4 Å². The standard InChI is InChI=1S/C17H19N3O4/c1-12(21)19-13-6-8-14(9-7-13)20-16(22)5-2-10-18-17(23)15-4-3-11-24-15/h3-4,6-9,11H,2,5,10H2,1H3,(H,18,23)(H,19,21)(H,20,22). The van der Waals surface area contributed by atoms with Crippen LogP contribution >= 0.6 is 0 Å². The highest BCUT2D eigenvalue weighted by atomic mass is 16.3. The van der Waals surface area contributed by atoms with Gasteiger partial charge < -0.3 is 20.4 Å². The van der Waals surface area contributed by atoms with Gasteiger partial charge >= 0.3 is 0 Å². The number of furan rings is 1. The summed E-state index contributed by atoms with van der Waals surface area (Å²) < 4.78 is 4.97. The maximum atomic E-state index is 11.8. The molecule has 1 heterocycles. The van der Waals surface area contributed by atoms with Crippen LogP contribution in [0.5, 0.6) is 0 Å². The first kappa shape index (κ1) is 17.3. The van der Waals surface area contributed by atoms with Crippen LogP contribution in [0.1, 0.15) is 30.3 Å². The summed E-state index contributed by atoms with van der Waals surface area (Å²) in [7, 11) is 0. The molecule has 2 rings (SSSR count). The molecule has 126 valence electrons. The second-order valence-electron chi connectivity index (χ2n) is 5.14. The highest BCUT2D eigenvalue weighted by Gasteiger charge is 2.08. The van der Waals surface area contributed by atoms with E-state index < -0.39 is 0 Å². The quantitative estimate of drug-likeness (QED) is 0.679. The molecule has 0 aliphatic heterocycles. The highest BCUT2D eigenvalue weighted by molar-refractivity contribution is 5.92. The van der Waals surface area contributed by atoms with Crippen LogP contribution in [0.4, 0.5) is 11.4 Å². The van der Waals surface area contributed by atoms with Crippen molar-refractivity contribution in [3.05, 3.63) is 48.4 Å². The van der Waals surface area contributed by atoms with Crippen molar-refractivity contribution in [2.24, 2.45) is 0 Å². The van der Waals surface area contributed by atoms with Crippen molar-refractivity contribution in [1.29, 1.82) is 0 Å². The molecule has 0 bridgehead atoms. The maximum Gasteiger partial charge on any atom is 0.286 e. The summed E-state index contributed by atoms with van der Waals surface area (Å²) >= 11 is 0. The van der Waals surface area contributed by atoms with Crippen LogP contribution in [0.25, 0.3) is 0 Å². The summed E-state index contributed by atoms with van der Waals surface area (Å²) in [4.78, 5) is 34.4. The Balaban J connectivity index is 1.67. The predicted octanol–water partition coefficient (Wildman–Crippen LogP) is 2.39. The Morgan fingerprint density at radius 3 is 2.25 bits per heavy atom. The van der Waals surface area contributed by atoms with E-state index in [1.807, 2.05) is 0 Å². The molecule has 7 nitrogen and oxygen atoms in total. The van der Waals surface area contributed by atoms with E-state index in [0.29, 0.717) is 24.3 Å². The Morgan fingerprint density at radius 1 is 1.00 bits per heavy atom. The molecule has 3 N–H and O–H groups in total. The van der Waals surface area contributed by atoms with Gasteiger partial charge in [0.2, 0.25) is 11.8 Å². The first-order valence-corrected chi connectivity index (χ1v) is 7.54. The molecule has 0 aliphatic carbocycles. The minimum atomic E-state index is -0.297. The lowest BCUT2D eigenvalue weighted by molar-refractivity contribution is -0.116. The Hall–Kier alpha value is -3.09. The summed E-state index contributed by atoms with van der Waals surface area (Å²) in [5, 5.41) is 8.08. The SMILES string of the molecule is CC(=O)Nc1ccc(NC(=O)CCCNC(=O)c2ccco2)cc1. The van der Waals surface area contributed by atoms with Crippen LogP contribution in [0.2, 0.25) is 0 Å². The van der Waals surface area contributed by atoms with Gasteiger partial charge in [0, 0.05) is 31.3 Å². The van der Waals surface area contributed by atoms with Crippen LogP contribution in [0.15, 0.2) is 47.1 Å². The van der Waals surface area contributed by atoms with Gasteiger partial charge in [0.15, 0.2) is 5.76 Å². The molecule has 1 aromatic carbocycles. The molecule has 2 aromatic rings. The maximum absolute atomic E-state index is 11.8. The first-order valence-electron chi connectivity index (χ1n) is 7.54. The van der Waals surface area contributed by atoms with Gasteiger partial charge in [-0.05, 0) is 42.8 Å². The molecule has 1 aromatic heterocycles. The third kappa shape index (κ3) is 5.60. The lowest BCUT2D eigenvalue weighted by Gasteiger charge is -2.07. The second-order valence-corrected chi connectivity index (χ2v) is 5.14. The van der Waals surface area contributed by atoms with E-state index in [0.717, 1.165) is 0 Å². The van der Waals surface area contributed by atoms with Gasteiger partial charge in [0.05, 0.1) is 6.26 Å². The highest BCUT2D eigenvalue weighted by Crippen LogP contribution is 2.13. The molecule has 7 heteroatoms. The van der Waals surface area contributed by atoms with Gasteiger partial charge in [-0.25, -0.2) is 0 Å². The zero-order valence-electron chi connectivity index (χ0n) is 13.3. The van der Waals surface area contributed by atoms with Crippen molar-refractivity contribution in [2.75, 3.05) is 17.2 Å². The molecule has 0 unspecified atom stereocenters. The largest absolute Gasteiger partial charge is 0.459 e. The molecular formula is C17H19N3O4. The van der Waals surface area contributed by atoms with Gasteiger partial charge in [0.1, 0.15) is 0 Å². The summed E-state index contributed by atoms with van der Waals surface area (Å²) in [6.45, 7) is 1.81. The van der Waals surface area contributed by atoms with Gasteiger partial charge in [0.25, 0.3) is 5.91 Å². The van der Waals surface area contributed by atoms with Crippen molar-refractivity contribution in [2.45, 2.75) is 19.8 Å². The third-order valence-electron chi connectivity index (χ3n) is 3.10. The monoisotopic (exact) mass is 329 g/mol. The molecule has 0 atom stereocenters. The number of amides is 3. The number of carbonyl (C=O) groups is 3. The average Bonchev–Trinajstić information content (AvgIpc) is 3.07. The fourth-order valence-electron chi connectivity index (χ4n) is 2.01. The van der Waals surface area contributed by atoms with Crippen LogP contribution in [-0.4, -0.2) is 24.3 Å². The lowest BCUT2D eigenvalue weighted by atomic mass is 10.2. The number of anilines is 2. The summed E-state index contributed by atoms with van der Waals surface area (Å²) in [5.41, 5.74) is 1.31. The van der Waals surface area contributed by atoms with E-state index in [1.54, 1.807) is 36.4 Å². The molecule has 0 radical (unpaired) electrons. The van der Waals surface area contributed by atoms with E-state index in [4.69, 9.17) is 4.42 Å². The number of rotatable bonds is 7. The van der Waals surface area contributed by atoms with Crippen molar-refractivity contribution in [3.63, 3.8) is 0 Å². The summed E-state index contributed by atoms with van der Waals surface area (Å²) in [6.07, 6.45) is 2.23. The van der Waals surface area contributed by atoms with E-state index in [9.17, 15) is 14.4 Å². The van der Waals surface area contributed by atoms with Gasteiger partial charge in [-0.15, -0.1) is 0 Å². The first-order chi connectivity index (χ1) is 11.5. The van der Waals surface area contributed by atoms with Crippen molar-refractivity contribution < 1.29 is 18.8 Å². The van der Waals surface area contributed by atoms with Crippen LogP contribution in [0, 0.1) is 0 Å². The van der Waals surface area contributed by atoms with E-state index in [-0.39, 0.29) is 29.9 Å². The van der Waals surface area contributed by atoms with Crippen LogP contribution in [0.3, 0.4) is 0 Å². The smallest absolute Gasteiger partial charge is 0.286 e. The second kappa shape index (κ2) is 8.52. The van der Waals surface area contributed by atoms with Gasteiger partial charge in [-0.2, -0.15) is 0 Å². The predicted molar refractivity (Wildman–Crippen MR) is 89.7 cm³/mol. The zero-order chi connectivity index (χ0) is 17.4. The molecule has 24 heavy (non-hydrogen) atoms. The molecule has 0 fully saturated rings. The molecule has 0 saturated carbocycles. The van der Waals surface area contributed by atoms with Gasteiger partial charge in [-0.1, -0.05) is 0 Å². The van der Waals surface area contributed by atoms with E-state index in [1.165, 1.54) is 13.2 Å². The number of nitrogens with one attached hydrogen (secondary N) is 3. The van der Waals surface area contributed by atoms with E-state index in [2.05, 4.69) is 16.0 Å². The fraction of sp³-hybridized carbons (Fsp3) is 0.235. The number of carbonyl (C=O) groups excluding carboxylic acids is 3. The lowest BCUT2D eigenvalue weighted by Crippen LogP contribution is -2.25. The van der Waals surface area contributed by atoms with Crippen LogP contribution in [-0.2, 0) is 9.59 Å². The van der Waals surface area contributed by atoms with Crippen LogP contribution < -0.4 is 16.0 Å². The Morgan fingerprint density at radius 2 is 1.67 bits per heavy atom. The number of hydrogen-bond donors (Lipinski definition) is 3. The molecule has 0 spiro atoms. The Kier molecular flexibility index (Phi) is 6.13. The van der Waals surface area contributed by atoms with E-state index >= 15 is 0 Å². The minimum Gasteiger partial charge on any atom is -0.459 e. The summed E-state index contributed by atoms with van der Waals surface area (Å²) in [6, 6.07) is 10.1. The Labute approximate surface area is 139 Å². The van der Waals surface area contributed by atoms with Crippen molar-refractivity contribution >= 4 is 29.1 Å². The molecule has 0 saturated heterocycles. The summed E-state index contributed by atoms with van der Waals surface area (Å²) in [5.74, 6) is -0.342. The average molecular weight is 329 g/mol. The molecule has 0 aliphatic rings. The fourth-order valence-corrected chi connectivity index (χ4v) is 2.01. The number of hydrogen-bond acceptors (Lipinski definition) is 4. The third-order valence-corrected chi connectivity index (χ3v) is 3.10. The normalized spacial score (nSPS) is 10.0. The Bertz CT molecular complexity index is 693. The van der Waals surface area contributed by atoms with Crippen molar-refractivity contribution in [1.82, 2.24) is 5.32 Å². The number of benzene rings is 1. The van der Waals surface area contributed by atoms with Crippen molar-refractivity contribution in [3.8, 4) is 0 Å². The minimum absolute atomic E-state index is 0.144. The molecule has 3 amide bonds. The molecular weight excluding hydrogens is 310 g/mol. The zero-order valence-corrected chi connectivity index (χ0v) is 13.3. The topological polar surface area (TPSA) is 100 Å².